The fourth-order valence-electron chi connectivity index (χ4n) is 1.32. The lowest BCUT2D eigenvalue weighted by Crippen LogP contribution is -1.89. The first-order valence-electron chi connectivity index (χ1n) is 4.97. The van der Waals surface area contributed by atoms with E-state index in [1.807, 2.05) is 0 Å². The van der Waals surface area contributed by atoms with Crippen LogP contribution in [0.4, 0.5) is 0 Å². The maximum absolute atomic E-state index is 9.28. The molecule has 0 aliphatic carbocycles. The smallest absolute Gasteiger partial charge is 0.247 e. The Bertz CT molecular complexity index is 525. The van der Waals surface area contributed by atoms with Gasteiger partial charge in [0.2, 0.25) is 11.8 Å². The predicted octanol–water partition coefficient (Wildman–Crippen LogP) is 2.45. The summed E-state index contributed by atoms with van der Waals surface area (Å²) in [5.41, 5.74) is 0.676. The van der Waals surface area contributed by atoms with Gasteiger partial charge in [-0.1, -0.05) is 11.6 Å². The Hall–Kier alpha value is -1.59. The summed E-state index contributed by atoms with van der Waals surface area (Å²) in [6, 6.07) is 5.13. The molecule has 0 bridgehead atoms. The average molecular weight is 255 g/mol. The van der Waals surface area contributed by atoms with Crippen molar-refractivity contribution < 1.29 is 14.3 Å². The van der Waals surface area contributed by atoms with Crippen molar-refractivity contribution >= 4 is 11.6 Å². The van der Waals surface area contributed by atoms with Crippen LogP contribution in [0.5, 0.6) is 5.75 Å². The second kappa shape index (κ2) is 4.73. The average Bonchev–Trinajstić information content (AvgIpc) is 2.78. The lowest BCUT2D eigenvalue weighted by molar-refractivity contribution is 0.163. The number of benzene rings is 1. The van der Waals surface area contributed by atoms with Crippen molar-refractivity contribution in [3.8, 4) is 17.2 Å². The number of nitrogens with zero attached hydrogens (tertiary/aromatic N) is 2. The summed E-state index contributed by atoms with van der Waals surface area (Å²) < 4.78 is 10.3. The molecule has 6 heteroatoms. The molecule has 0 radical (unpaired) electrons. The molecule has 0 aliphatic rings. The molecule has 1 aromatic carbocycles. The van der Waals surface area contributed by atoms with Gasteiger partial charge in [-0.3, -0.25) is 0 Å². The minimum Gasteiger partial charge on any atom is -0.495 e. The van der Waals surface area contributed by atoms with E-state index in [9.17, 15) is 5.11 Å². The fourth-order valence-corrected chi connectivity index (χ4v) is 1.58. The highest BCUT2D eigenvalue weighted by Crippen LogP contribution is 2.29. The topological polar surface area (TPSA) is 68.4 Å². The van der Waals surface area contributed by atoms with Crippen LogP contribution in [0.25, 0.3) is 11.5 Å². The van der Waals surface area contributed by atoms with Gasteiger partial charge in [-0.05, 0) is 25.1 Å². The lowest BCUT2D eigenvalue weighted by atomic mass is 10.2. The van der Waals surface area contributed by atoms with Gasteiger partial charge in [-0.15, -0.1) is 10.2 Å². The van der Waals surface area contributed by atoms with E-state index in [0.29, 0.717) is 22.2 Å². The number of halogens is 1. The van der Waals surface area contributed by atoms with E-state index in [-0.39, 0.29) is 5.89 Å². The molecule has 0 saturated heterocycles. The zero-order valence-electron chi connectivity index (χ0n) is 9.35. The van der Waals surface area contributed by atoms with Crippen molar-refractivity contribution in [1.82, 2.24) is 10.2 Å². The van der Waals surface area contributed by atoms with Gasteiger partial charge in [-0.25, -0.2) is 0 Å². The molecule has 0 saturated carbocycles. The van der Waals surface area contributed by atoms with Gasteiger partial charge in [0.15, 0.2) is 0 Å². The Kier molecular flexibility index (Phi) is 3.31. The SMILES string of the molecule is COc1ccc(-c2nnc(C(C)O)o2)cc1Cl. The van der Waals surface area contributed by atoms with E-state index in [1.165, 1.54) is 0 Å². The van der Waals surface area contributed by atoms with Crippen molar-refractivity contribution in [2.24, 2.45) is 0 Å². The molecule has 1 atom stereocenters. The highest BCUT2D eigenvalue weighted by Gasteiger charge is 2.13. The molecule has 0 spiro atoms. The zero-order valence-corrected chi connectivity index (χ0v) is 10.1. The lowest BCUT2D eigenvalue weighted by Gasteiger charge is -2.03. The highest BCUT2D eigenvalue weighted by molar-refractivity contribution is 6.32. The molecule has 2 aromatic rings. The van der Waals surface area contributed by atoms with Crippen LogP contribution in [0.2, 0.25) is 5.02 Å². The fraction of sp³-hybridized carbons (Fsp3) is 0.273. The van der Waals surface area contributed by atoms with Crippen molar-refractivity contribution in [2.75, 3.05) is 7.11 Å². The third-order valence-corrected chi connectivity index (χ3v) is 2.49. The standard InChI is InChI=1S/C11H11ClN2O3/c1-6(15)10-13-14-11(17-10)7-3-4-9(16-2)8(12)5-7/h3-6,15H,1-2H3. The predicted molar refractivity (Wildman–Crippen MR) is 61.9 cm³/mol. The van der Waals surface area contributed by atoms with Crippen LogP contribution < -0.4 is 4.74 Å². The third kappa shape index (κ3) is 2.40. The molecule has 5 nitrogen and oxygen atoms in total. The van der Waals surface area contributed by atoms with Crippen LogP contribution >= 0.6 is 11.6 Å². The largest absolute Gasteiger partial charge is 0.495 e. The molecule has 0 amide bonds. The molecule has 1 unspecified atom stereocenters. The van der Waals surface area contributed by atoms with E-state index in [2.05, 4.69) is 10.2 Å². The van der Waals surface area contributed by atoms with Gasteiger partial charge in [0.1, 0.15) is 11.9 Å². The Morgan fingerprint density at radius 3 is 2.71 bits per heavy atom. The van der Waals surface area contributed by atoms with E-state index >= 15 is 0 Å². The summed E-state index contributed by atoms with van der Waals surface area (Å²) >= 11 is 5.98. The Balaban J connectivity index is 2.36. The molecule has 17 heavy (non-hydrogen) atoms. The van der Waals surface area contributed by atoms with Gasteiger partial charge >= 0.3 is 0 Å². The number of methoxy groups -OCH3 is 1. The Labute approximate surface area is 103 Å². The molecule has 1 N–H and O–H groups in total. The van der Waals surface area contributed by atoms with Crippen molar-refractivity contribution in [3.63, 3.8) is 0 Å². The maximum Gasteiger partial charge on any atom is 0.247 e. The normalized spacial score (nSPS) is 12.5. The van der Waals surface area contributed by atoms with Crippen LogP contribution in [-0.4, -0.2) is 22.4 Å². The summed E-state index contributed by atoms with van der Waals surface area (Å²) in [6.07, 6.45) is -0.787. The van der Waals surface area contributed by atoms with Crippen LogP contribution in [0, 0.1) is 0 Å². The van der Waals surface area contributed by atoms with Gasteiger partial charge < -0.3 is 14.3 Å². The molecular formula is C11H11ClN2O3. The molecular weight excluding hydrogens is 244 g/mol. The minimum atomic E-state index is -0.787. The van der Waals surface area contributed by atoms with Crippen LogP contribution in [0.3, 0.4) is 0 Å². The summed E-state index contributed by atoms with van der Waals surface area (Å²) in [6.45, 7) is 1.55. The van der Waals surface area contributed by atoms with Gasteiger partial charge in [0.25, 0.3) is 0 Å². The number of aliphatic hydroxyl groups excluding tert-OH is 1. The second-order valence-corrected chi connectivity index (χ2v) is 3.88. The van der Waals surface area contributed by atoms with E-state index in [1.54, 1.807) is 32.2 Å². The van der Waals surface area contributed by atoms with Crippen LogP contribution in [0.1, 0.15) is 18.9 Å². The van der Waals surface area contributed by atoms with Crippen molar-refractivity contribution in [1.29, 1.82) is 0 Å². The van der Waals surface area contributed by atoms with E-state index < -0.39 is 6.10 Å². The number of rotatable bonds is 3. The van der Waals surface area contributed by atoms with Gasteiger partial charge in [0, 0.05) is 5.56 Å². The summed E-state index contributed by atoms with van der Waals surface area (Å²) in [7, 11) is 1.54. The molecule has 90 valence electrons. The van der Waals surface area contributed by atoms with E-state index in [4.69, 9.17) is 20.8 Å². The first-order chi connectivity index (χ1) is 8.11. The maximum atomic E-state index is 9.28. The minimum absolute atomic E-state index is 0.173. The summed E-state index contributed by atoms with van der Waals surface area (Å²) in [5.74, 6) is 1.06. The van der Waals surface area contributed by atoms with Gasteiger partial charge in [-0.2, -0.15) is 0 Å². The Morgan fingerprint density at radius 1 is 1.41 bits per heavy atom. The summed E-state index contributed by atoms with van der Waals surface area (Å²) in [4.78, 5) is 0. The first-order valence-corrected chi connectivity index (χ1v) is 5.35. The molecule has 1 heterocycles. The number of hydrogen-bond donors (Lipinski definition) is 1. The van der Waals surface area contributed by atoms with Crippen molar-refractivity contribution in [2.45, 2.75) is 13.0 Å². The number of aliphatic hydroxyl groups is 1. The monoisotopic (exact) mass is 254 g/mol. The molecule has 2 rings (SSSR count). The summed E-state index contributed by atoms with van der Waals surface area (Å²) in [5, 5.41) is 17.3. The molecule has 0 aliphatic heterocycles. The number of hydrogen-bond acceptors (Lipinski definition) is 5. The second-order valence-electron chi connectivity index (χ2n) is 3.47. The highest BCUT2D eigenvalue weighted by atomic mass is 35.5. The quantitative estimate of drug-likeness (QED) is 0.911. The molecule has 1 aromatic heterocycles. The van der Waals surface area contributed by atoms with E-state index in [0.717, 1.165) is 0 Å². The van der Waals surface area contributed by atoms with Crippen LogP contribution in [0.15, 0.2) is 22.6 Å². The number of aromatic nitrogens is 2. The number of ether oxygens (including phenoxy) is 1. The van der Waals surface area contributed by atoms with Crippen molar-refractivity contribution in [3.05, 3.63) is 29.1 Å². The van der Waals surface area contributed by atoms with Gasteiger partial charge in [0.05, 0.1) is 12.1 Å². The Morgan fingerprint density at radius 2 is 2.18 bits per heavy atom. The van der Waals surface area contributed by atoms with Crippen LogP contribution in [-0.2, 0) is 0 Å². The molecule has 0 fully saturated rings. The third-order valence-electron chi connectivity index (χ3n) is 2.20. The zero-order chi connectivity index (χ0) is 12.4. The first kappa shape index (κ1) is 11.9.